The van der Waals surface area contributed by atoms with Crippen molar-refractivity contribution in [2.75, 3.05) is 0 Å². The van der Waals surface area contributed by atoms with Gasteiger partial charge in [-0.1, -0.05) is 0 Å². The van der Waals surface area contributed by atoms with Gasteiger partial charge in [-0.2, -0.15) is 0 Å². The first-order chi connectivity index (χ1) is 2.81. The zero-order valence-electron chi connectivity index (χ0n) is 3.72. The van der Waals surface area contributed by atoms with Gasteiger partial charge >= 0.3 is 0 Å². The average molecular weight is 80.1 g/mol. The van der Waals surface area contributed by atoms with Crippen molar-refractivity contribution in [2.24, 2.45) is 5.92 Å². The number of hydrogen-bond acceptors (Lipinski definition) is 0. The molecule has 0 aliphatic rings. The van der Waals surface area contributed by atoms with Gasteiger partial charge in [0.1, 0.15) is 0 Å². The molecule has 0 aromatic carbocycles. The van der Waals surface area contributed by atoms with Crippen molar-refractivity contribution < 1.29 is 0 Å². The monoisotopic (exact) mass is 80.1 g/mol. The van der Waals surface area contributed by atoms with Crippen LogP contribution in [-0.2, 0) is 0 Å². The third-order valence-corrected chi connectivity index (χ3v) is 0.605. The summed E-state index contributed by atoms with van der Waals surface area (Å²) in [6.07, 6.45) is 0.965. The summed E-state index contributed by atoms with van der Waals surface area (Å²) in [4.78, 5) is 0. The van der Waals surface area contributed by atoms with E-state index < -0.39 is 0 Å². The van der Waals surface area contributed by atoms with Crippen LogP contribution in [0.25, 0.3) is 0 Å². The van der Waals surface area contributed by atoms with Gasteiger partial charge < -0.3 is 0 Å². The zero-order chi connectivity index (χ0) is 4.99. The number of rotatable bonds is 2. The van der Waals surface area contributed by atoms with Crippen LogP contribution in [-0.4, -0.2) is 0 Å². The summed E-state index contributed by atoms with van der Waals surface area (Å²) in [7, 11) is 0. The van der Waals surface area contributed by atoms with Crippen LogP contribution in [0.1, 0.15) is 12.8 Å². The van der Waals surface area contributed by atoms with Crippen LogP contribution in [0.5, 0.6) is 0 Å². The van der Waals surface area contributed by atoms with E-state index in [1.807, 2.05) is 0 Å². The fraction of sp³-hybridized carbons (Fsp3) is 0.500. The molecule has 0 saturated carbocycles. The quantitative estimate of drug-likeness (QED) is 0.471. The van der Waals surface area contributed by atoms with Crippen molar-refractivity contribution >= 4 is 0 Å². The van der Waals surface area contributed by atoms with Gasteiger partial charge in [0.15, 0.2) is 0 Å². The largest absolute Gasteiger partial charge is 0.0467 e. The van der Waals surface area contributed by atoms with E-state index in [1.54, 1.807) is 0 Å². The fourth-order valence-electron chi connectivity index (χ4n) is 0.0962. The lowest BCUT2D eigenvalue weighted by Crippen LogP contribution is -1.86. The highest BCUT2D eigenvalue weighted by atomic mass is 13.9. The molecular formula is C6H8. The van der Waals surface area contributed by atoms with Crippen molar-refractivity contribution in [3.05, 3.63) is 20.8 Å². The third-order valence-electron chi connectivity index (χ3n) is 0.605. The lowest BCUT2D eigenvalue weighted by molar-refractivity contribution is 0.666. The zero-order valence-corrected chi connectivity index (χ0v) is 3.72. The predicted molar refractivity (Wildman–Crippen MR) is 25.6 cm³/mol. The molecule has 0 aromatic heterocycles. The van der Waals surface area contributed by atoms with Gasteiger partial charge in [0.25, 0.3) is 0 Å². The fourth-order valence-corrected chi connectivity index (χ4v) is 0.0962. The molecule has 0 heteroatoms. The molecule has 0 N–H and O–H groups in total. The maximum atomic E-state index is 5.22. The minimum absolute atomic E-state index is 0.00926. The lowest BCUT2D eigenvalue weighted by atomic mass is 10.1. The van der Waals surface area contributed by atoms with E-state index in [4.69, 9.17) is 20.8 Å². The molecule has 0 aliphatic carbocycles. The van der Waals surface area contributed by atoms with Gasteiger partial charge in [0.2, 0.25) is 0 Å². The topological polar surface area (TPSA) is 0 Å². The highest BCUT2D eigenvalue weighted by molar-refractivity contribution is 4.62. The van der Waals surface area contributed by atoms with Crippen LogP contribution < -0.4 is 0 Å². The van der Waals surface area contributed by atoms with E-state index in [1.165, 1.54) is 0 Å². The van der Waals surface area contributed by atoms with Crippen LogP contribution >= 0.6 is 0 Å². The van der Waals surface area contributed by atoms with Crippen molar-refractivity contribution in [1.82, 2.24) is 0 Å². The molecule has 0 heterocycles. The van der Waals surface area contributed by atoms with E-state index >= 15 is 0 Å². The Morgan fingerprint density at radius 1 is 1.17 bits per heavy atom. The first kappa shape index (κ1) is 6.00. The van der Waals surface area contributed by atoms with Gasteiger partial charge in [0, 0.05) is 0 Å². The first-order valence-corrected chi connectivity index (χ1v) is 1.97. The smallest absolute Gasteiger partial charge is 0.0318 e. The molecule has 0 rings (SSSR count). The van der Waals surface area contributed by atoms with Crippen LogP contribution in [0.4, 0.5) is 0 Å². The van der Waals surface area contributed by atoms with E-state index in [0.717, 1.165) is 0 Å². The molecule has 0 bridgehead atoms. The molecule has 6 heavy (non-hydrogen) atoms. The van der Waals surface area contributed by atoms with Gasteiger partial charge in [-0.15, -0.1) is 0 Å². The molecule has 0 aliphatic heterocycles. The Morgan fingerprint density at radius 2 is 1.50 bits per heavy atom. The summed E-state index contributed by atoms with van der Waals surface area (Å²) in [6.45, 7) is 15.4. The summed E-state index contributed by atoms with van der Waals surface area (Å²) >= 11 is 0. The maximum Gasteiger partial charge on any atom is -0.0318 e. The second kappa shape index (κ2) is 3.20. The molecular weight excluding hydrogens is 72.1 g/mol. The summed E-state index contributed by atoms with van der Waals surface area (Å²) in [5.74, 6) is -0.00926. The molecule has 0 atom stereocenters. The normalized spacial score (nSPS) is 10.0. The highest BCUT2D eigenvalue weighted by Crippen LogP contribution is 2.01. The van der Waals surface area contributed by atoms with Gasteiger partial charge in [-0.25, -0.2) is 0 Å². The summed E-state index contributed by atoms with van der Waals surface area (Å²) in [5.41, 5.74) is 0. The Bertz CT molecular complexity index is 19.2. The van der Waals surface area contributed by atoms with Gasteiger partial charge in [0.05, 0.1) is 0 Å². The Balaban J connectivity index is 2.75. The average Bonchev–Trinajstić information content (AvgIpc) is 1.65. The molecule has 0 saturated heterocycles. The minimum Gasteiger partial charge on any atom is -0.0467 e. The highest BCUT2D eigenvalue weighted by Gasteiger charge is 1.89. The van der Waals surface area contributed by atoms with Crippen LogP contribution in [0.3, 0.4) is 0 Å². The van der Waals surface area contributed by atoms with Crippen molar-refractivity contribution in [2.45, 2.75) is 12.8 Å². The van der Waals surface area contributed by atoms with E-state index in [0.29, 0.717) is 12.8 Å². The van der Waals surface area contributed by atoms with Gasteiger partial charge in [-0.05, 0) is 39.5 Å². The lowest BCUT2D eigenvalue weighted by Gasteiger charge is -1.97. The van der Waals surface area contributed by atoms with Gasteiger partial charge in [-0.3, -0.25) is 0 Å². The Labute approximate surface area is 40.6 Å². The second-order valence-electron chi connectivity index (χ2n) is 1.23. The minimum atomic E-state index is -0.00926. The molecule has 0 unspecified atom stereocenters. The second-order valence-corrected chi connectivity index (χ2v) is 1.23. The number of hydrogen-bond donors (Lipinski definition) is 0. The molecule has 32 valence electrons. The molecule has 0 aromatic rings. The molecule has 0 spiro atoms. The van der Waals surface area contributed by atoms with Crippen LogP contribution in [0, 0.1) is 26.7 Å². The van der Waals surface area contributed by atoms with E-state index in [2.05, 4.69) is 0 Å². The summed E-state index contributed by atoms with van der Waals surface area (Å²) in [5, 5.41) is 0. The molecule has 0 nitrogen and oxygen atoms in total. The Hall–Kier alpha value is 0. The summed E-state index contributed by atoms with van der Waals surface area (Å²) in [6, 6.07) is 0. The van der Waals surface area contributed by atoms with Crippen molar-refractivity contribution in [1.29, 1.82) is 0 Å². The molecule has 6 radical (unpaired) electrons. The van der Waals surface area contributed by atoms with Crippen molar-refractivity contribution in [3.63, 3.8) is 0 Å². The Kier molecular flexibility index (Phi) is 3.20. The van der Waals surface area contributed by atoms with Crippen LogP contribution in [0.2, 0.25) is 0 Å². The van der Waals surface area contributed by atoms with Crippen LogP contribution in [0.15, 0.2) is 0 Å². The third kappa shape index (κ3) is 2.25. The Morgan fingerprint density at radius 3 is 1.50 bits per heavy atom. The van der Waals surface area contributed by atoms with E-state index in [-0.39, 0.29) is 5.92 Å². The van der Waals surface area contributed by atoms with Crippen molar-refractivity contribution in [3.8, 4) is 0 Å². The summed E-state index contributed by atoms with van der Waals surface area (Å²) < 4.78 is 0. The SMILES string of the molecule is [CH]CC([CH])C[CH]. The first-order valence-electron chi connectivity index (χ1n) is 1.97. The predicted octanol–water partition coefficient (Wildman–Crippen LogP) is 1.52. The molecule has 0 amide bonds. The maximum absolute atomic E-state index is 5.22. The van der Waals surface area contributed by atoms with E-state index in [9.17, 15) is 0 Å². The molecule has 0 fully saturated rings. The standard InChI is InChI=1S/C6H8/c1-4-6(3)5-2/h1-3,6H,4-5H2.